The van der Waals surface area contributed by atoms with E-state index in [1.54, 1.807) is 38.1 Å². The molecule has 0 N–H and O–H groups in total. The number of halogens is 6. The summed E-state index contributed by atoms with van der Waals surface area (Å²) < 4.78 is 87.9. The fourth-order valence-corrected chi connectivity index (χ4v) is 9.77. The van der Waals surface area contributed by atoms with Gasteiger partial charge in [-0.1, -0.05) is 12.1 Å². The molecule has 33 heavy (non-hydrogen) atoms. The Kier molecular flexibility index (Phi) is 4.32. The molecule has 0 radical (unpaired) electrons. The minimum absolute atomic E-state index is 0.132. The first kappa shape index (κ1) is 22.1. The summed E-state index contributed by atoms with van der Waals surface area (Å²) in [5.74, 6) is -15.5. The quantitative estimate of drug-likeness (QED) is 0.355. The molecular weight excluding hydrogens is 519 g/mol. The minimum atomic E-state index is -5.52. The Hall–Kier alpha value is -1.36. The second-order valence-electron chi connectivity index (χ2n) is 8.54. The van der Waals surface area contributed by atoms with Gasteiger partial charge in [-0.3, -0.25) is 0 Å². The second kappa shape index (κ2) is 6.44. The zero-order valence-electron chi connectivity index (χ0n) is 17.0. The van der Waals surface area contributed by atoms with E-state index in [9.17, 15) is 8.78 Å². The number of thioether (sulfide) groups is 2. The molecule has 0 spiro atoms. The van der Waals surface area contributed by atoms with Gasteiger partial charge in [0.15, 0.2) is 0 Å². The highest BCUT2D eigenvalue weighted by atomic mass is 32.2. The van der Waals surface area contributed by atoms with E-state index in [0.717, 1.165) is 9.75 Å². The molecule has 10 heteroatoms. The Morgan fingerprint density at radius 2 is 1.03 bits per heavy atom. The van der Waals surface area contributed by atoms with Crippen molar-refractivity contribution in [3.63, 3.8) is 0 Å². The maximum absolute atomic E-state index is 15.2. The molecule has 0 aromatic carbocycles. The van der Waals surface area contributed by atoms with Crippen molar-refractivity contribution in [1.82, 2.24) is 0 Å². The molecule has 4 aliphatic rings. The number of alkyl halides is 6. The van der Waals surface area contributed by atoms with Crippen molar-refractivity contribution >= 4 is 56.0 Å². The third kappa shape index (κ3) is 2.43. The number of thiophene rings is 2. The summed E-state index contributed by atoms with van der Waals surface area (Å²) in [5, 5.41) is 3.64. The third-order valence-corrected chi connectivity index (χ3v) is 12.2. The van der Waals surface area contributed by atoms with Gasteiger partial charge in [-0.25, -0.2) is 0 Å². The van der Waals surface area contributed by atoms with Crippen LogP contribution in [0.4, 0.5) is 26.3 Å². The van der Waals surface area contributed by atoms with Gasteiger partial charge in [0.1, 0.15) is 0 Å². The van der Waals surface area contributed by atoms with E-state index in [1.807, 2.05) is 10.8 Å². The molecule has 0 amide bonds. The lowest BCUT2D eigenvalue weighted by atomic mass is 9.71. The van der Waals surface area contributed by atoms with Crippen molar-refractivity contribution in [3.8, 4) is 0 Å². The highest BCUT2D eigenvalue weighted by Gasteiger charge is 2.84. The molecule has 0 unspecified atom stereocenters. The molecule has 2 aromatic heterocycles. The van der Waals surface area contributed by atoms with Crippen molar-refractivity contribution in [2.75, 3.05) is 0 Å². The van der Waals surface area contributed by atoms with Crippen LogP contribution >= 0.6 is 46.2 Å². The van der Waals surface area contributed by atoms with Crippen LogP contribution in [0.1, 0.15) is 23.6 Å². The Balaban J connectivity index is 1.70. The first-order valence-corrected chi connectivity index (χ1v) is 13.3. The molecule has 6 rings (SSSR count). The maximum atomic E-state index is 15.2. The Bertz CT molecular complexity index is 1210. The summed E-state index contributed by atoms with van der Waals surface area (Å²) in [7, 11) is 0. The fraction of sp³-hybridized carbons (Fsp3) is 0.304. The van der Waals surface area contributed by atoms with Gasteiger partial charge in [0, 0.05) is 30.7 Å². The standard InChI is InChI=1S/C23H14F6S4/c1-19-11(9-15(32-19)13-5-3-7-30-13)17-18(22(26,27)23(28,29)21(17,24)25)12-10-16(33-20(12,19)2)14-6-4-8-31-14/h3-10H,1-2H3/t19-,20-/m1/s1. The molecule has 1 saturated carbocycles. The fourth-order valence-electron chi connectivity index (χ4n) is 4.99. The van der Waals surface area contributed by atoms with Gasteiger partial charge in [-0.05, 0) is 60.0 Å². The van der Waals surface area contributed by atoms with Gasteiger partial charge in [-0.2, -0.15) is 26.3 Å². The lowest BCUT2D eigenvalue weighted by Crippen LogP contribution is -2.48. The topological polar surface area (TPSA) is 0 Å². The van der Waals surface area contributed by atoms with E-state index in [-0.39, 0.29) is 11.1 Å². The first-order chi connectivity index (χ1) is 15.4. The molecule has 172 valence electrons. The van der Waals surface area contributed by atoms with Crippen LogP contribution in [-0.4, -0.2) is 27.3 Å². The van der Waals surface area contributed by atoms with Gasteiger partial charge >= 0.3 is 17.8 Å². The van der Waals surface area contributed by atoms with Gasteiger partial charge in [0.05, 0.1) is 9.49 Å². The predicted molar refractivity (Wildman–Crippen MR) is 125 cm³/mol. The van der Waals surface area contributed by atoms with Gasteiger partial charge in [0.25, 0.3) is 0 Å². The van der Waals surface area contributed by atoms with Crippen LogP contribution in [0.15, 0.2) is 69.5 Å². The van der Waals surface area contributed by atoms with E-state index < -0.39 is 38.4 Å². The summed E-state index contributed by atoms with van der Waals surface area (Å²) in [6, 6.07) is 7.21. The number of allylic oxidation sites excluding steroid dienone is 4. The summed E-state index contributed by atoms with van der Waals surface area (Å²) in [5.41, 5.74) is -2.69. The summed E-state index contributed by atoms with van der Waals surface area (Å²) in [6.45, 7) is 3.41. The van der Waals surface area contributed by atoms with Gasteiger partial charge in [-0.15, -0.1) is 46.2 Å². The third-order valence-electron chi connectivity index (χ3n) is 6.85. The zero-order valence-corrected chi connectivity index (χ0v) is 20.3. The predicted octanol–water partition coefficient (Wildman–Crippen LogP) is 8.73. The van der Waals surface area contributed by atoms with Crippen molar-refractivity contribution in [2.45, 2.75) is 41.1 Å². The maximum Gasteiger partial charge on any atom is 0.380 e. The smallest absolute Gasteiger partial charge is 0.194 e. The molecular formula is C23H14F6S4. The van der Waals surface area contributed by atoms with Crippen LogP contribution in [0, 0.1) is 0 Å². The number of hydrogen-bond acceptors (Lipinski definition) is 4. The highest BCUT2D eigenvalue weighted by Crippen LogP contribution is 2.75. The van der Waals surface area contributed by atoms with Crippen LogP contribution in [0.3, 0.4) is 0 Å². The Morgan fingerprint density at radius 1 is 0.636 bits per heavy atom. The summed E-state index contributed by atoms with van der Waals surface area (Å²) in [4.78, 5) is 2.81. The number of rotatable bonds is 2. The van der Waals surface area contributed by atoms with E-state index in [1.165, 1.54) is 58.3 Å². The SMILES string of the molecule is C[C@@]12SC(c3cccs3)=CC1=C1C(=C3C=C(c4cccs4)S[C@]32C)C(F)(F)C(F)(F)C1(F)F. The van der Waals surface area contributed by atoms with Crippen molar-refractivity contribution in [1.29, 1.82) is 0 Å². The second-order valence-corrected chi connectivity index (χ2v) is 13.4. The van der Waals surface area contributed by atoms with E-state index in [0.29, 0.717) is 9.81 Å². The molecule has 0 nitrogen and oxygen atoms in total. The van der Waals surface area contributed by atoms with Crippen LogP contribution in [-0.2, 0) is 0 Å². The van der Waals surface area contributed by atoms with Crippen molar-refractivity contribution < 1.29 is 26.3 Å². The average molecular weight is 533 g/mol. The largest absolute Gasteiger partial charge is 0.380 e. The van der Waals surface area contributed by atoms with E-state index in [2.05, 4.69) is 0 Å². The van der Waals surface area contributed by atoms with Crippen LogP contribution < -0.4 is 0 Å². The van der Waals surface area contributed by atoms with Crippen molar-refractivity contribution in [3.05, 3.63) is 79.2 Å². The van der Waals surface area contributed by atoms with Crippen LogP contribution in [0.25, 0.3) is 9.81 Å². The van der Waals surface area contributed by atoms with Gasteiger partial charge in [0.2, 0.25) is 0 Å². The molecule has 4 heterocycles. The Labute approximate surface area is 202 Å². The van der Waals surface area contributed by atoms with E-state index >= 15 is 17.6 Å². The molecule has 2 aliphatic carbocycles. The minimum Gasteiger partial charge on any atom is -0.194 e. The van der Waals surface area contributed by atoms with Crippen LogP contribution in [0.2, 0.25) is 0 Å². The summed E-state index contributed by atoms with van der Waals surface area (Å²) in [6.07, 6.45) is 2.84. The Morgan fingerprint density at radius 3 is 1.36 bits per heavy atom. The molecule has 0 saturated heterocycles. The highest BCUT2D eigenvalue weighted by molar-refractivity contribution is 8.14. The first-order valence-electron chi connectivity index (χ1n) is 9.90. The average Bonchev–Trinajstić information content (AvgIpc) is 3.52. The monoisotopic (exact) mass is 532 g/mol. The van der Waals surface area contributed by atoms with E-state index in [4.69, 9.17) is 0 Å². The molecule has 2 atom stereocenters. The number of hydrogen-bond donors (Lipinski definition) is 0. The lowest BCUT2D eigenvalue weighted by molar-refractivity contribution is -0.258. The van der Waals surface area contributed by atoms with Crippen LogP contribution in [0.5, 0.6) is 0 Å². The normalized spacial score (nSPS) is 33.1. The van der Waals surface area contributed by atoms with Gasteiger partial charge < -0.3 is 0 Å². The molecule has 2 aromatic rings. The number of fused-ring (bicyclic) bond motifs is 4. The lowest BCUT2D eigenvalue weighted by Gasteiger charge is -2.47. The van der Waals surface area contributed by atoms with Crippen molar-refractivity contribution in [2.24, 2.45) is 0 Å². The zero-order chi connectivity index (χ0) is 23.6. The summed E-state index contributed by atoms with van der Waals surface area (Å²) >= 11 is 5.34. The molecule has 0 bridgehead atoms. The molecule has 1 fully saturated rings. The molecule has 2 aliphatic heterocycles.